The lowest BCUT2D eigenvalue weighted by molar-refractivity contribution is 0.503. The average Bonchev–Trinajstić information content (AvgIpc) is 2.66. The molecular formula is C15H16S. The van der Waals surface area contributed by atoms with E-state index in [1.807, 2.05) is 11.3 Å². The highest BCUT2D eigenvalue weighted by atomic mass is 32.1. The molecule has 0 bridgehead atoms. The number of hydrogen-bond donors (Lipinski definition) is 0. The van der Waals surface area contributed by atoms with Crippen LogP contribution in [-0.2, 0) is 0 Å². The van der Waals surface area contributed by atoms with Crippen molar-refractivity contribution in [2.75, 3.05) is 0 Å². The Balaban J connectivity index is 2.29. The molecule has 0 radical (unpaired) electrons. The lowest BCUT2D eigenvalue weighted by Crippen LogP contribution is -2.08. The molecule has 0 spiro atoms. The molecule has 82 valence electrons. The quantitative estimate of drug-likeness (QED) is 0.640. The highest BCUT2D eigenvalue weighted by molar-refractivity contribution is 7.20. The minimum atomic E-state index is 0.705. The van der Waals surface area contributed by atoms with Gasteiger partial charge in [-0.1, -0.05) is 38.1 Å². The van der Waals surface area contributed by atoms with E-state index in [9.17, 15) is 0 Å². The fourth-order valence-corrected chi connectivity index (χ4v) is 3.84. The monoisotopic (exact) mass is 228 g/mol. The molecule has 0 aliphatic heterocycles. The van der Waals surface area contributed by atoms with E-state index < -0.39 is 0 Å². The van der Waals surface area contributed by atoms with Crippen LogP contribution in [0.1, 0.15) is 36.6 Å². The summed E-state index contributed by atoms with van der Waals surface area (Å²) in [5.41, 5.74) is 1.60. The Hall–Kier alpha value is -1.08. The molecule has 0 saturated carbocycles. The molecule has 0 saturated heterocycles. The Kier molecular flexibility index (Phi) is 2.36. The molecule has 1 heterocycles. The minimum absolute atomic E-state index is 0.705. The van der Waals surface area contributed by atoms with Gasteiger partial charge in [-0.2, -0.15) is 0 Å². The zero-order valence-corrected chi connectivity index (χ0v) is 10.6. The lowest BCUT2D eigenvalue weighted by atomic mass is 9.82. The van der Waals surface area contributed by atoms with Gasteiger partial charge in [-0.25, -0.2) is 0 Å². The molecule has 1 heteroatoms. The first-order valence-electron chi connectivity index (χ1n) is 5.95. The predicted octanol–water partition coefficient (Wildman–Crippen LogP) is 5.06. The second-order valence-electron chi connectivity index (χ2n) is 4.86. The van der Waals surface area contributed by atoms with Gasteiger partial charge in [0.2, 0.25) is 0 Å². The van der Waals surface area contributed by atoms with Crippen LogP contribution < -0.4 is 0 Å². The fraction of sp³-hybridized carbons (Fsp3) is 0.333. The van der Waals surface area contributed by atoms with Crippen LogP contribution in [0, 0.1) is 5.92 Å². The summed E-state index contributed by atoms with van der Waals surface area (Å²) in [5, 5.41) is 1.48. The molecule has 0 fully saturated rings. The first kappa shape index (κ1) is 10.1. The first-order valence-corrected chi connectivity index (χ1v) is 6.77. The largest absolute Gasteiger partial charge is 0.136 e. The van der Waals surface area contributed by atoms with Gasteiger partial charge in [0.15, 0.2) is 0 Å². The number of hydrogen-bond acceptors (Lipinski definition) is 1. The van der Waals surface area contributed by atoms with Crippen LogP contribution in [-0.4, -0.2) is 0 Å². The zero-order chi connectivity index (χ0) is 11.1. The van der Waals surface area contributed by atoms with Gasteiger partial charge in [-0.05, 0) is 41.3 Å². The number of allylic oxidation sites excluding steroid dienone is 1. The molecule has 0 nitrogen and oxygen atoms in total. The van der Waals surface area contributed by atoms with Crippen LogP contribution >= 0.6 is 11.3 Å². The minimum Gasteiger partial charge on any atom is -0.136 e. The van der Waals surface area contributed by atoms with Gasteiger partial charge in [0.05, 0.1) is 0 Å². The Morgan fingerprint density at radius 2 is 2.06 bits per heavy atom. The molecule has 0 amide bonds. The van der Waals surface area contributed by atoms with E-state index in [4.69, 9.17) is 0 Å². The maximum atomic E-state index is 2.34. The molecule has 1 aliphatic rings. The van der Waals surface area contributed by atoms with Gasteiger partial charge in [0.25, 0.3) is 0 Å². The summed E-state index contributed by atoms with van der Waals surface area (Å²) in [7, 11) is 0. The van der Waals surface area contributed by atoms with Gasteiger partial charge in [0, 0.05) is 9.58 Å². The van der Waals surface area contributed by atoms with E-state index in [0.717, 1.165) is 5.92 Å². The SMILES string of the molecule is CC(C)[C@@H]1CC=Cc2sc3ccccc3c21. The van der Waals surface area contributed by atoms with Crippen LogP contribution in [0.5, 0.6) is 0 Å². The van der Waals surface area contributed by atoms with Crippen molar-refractivity contribution in [3.05, 3.63) is 40.8 Å². The molecule has 3 rings (SSSR count). The van der Waals surface area contributed by atoms with E-state index in [1.165, 1.54) is 21.4 Å². The third-order valence-corrected chi connectivity index (χ3v) is 4.65. The molecular weight excluding hydrogens is 212 g/mol. The van der Waals surface area contributed by atoms with Gasteiger partial charge in [-0.15, -0.1) is 11.3 Å². The number of benzene rings is 1. The Morgan fingerprint density at radius 3 is 2.88 bits per heavy atom. The molecule has 1 aromatic heterocycles. The average molecular weight is 228 g/mol. The summed E-state index contributed by atoms with van der Waals surface area (Å²) < 4.78 is 1.43. The van der Waals surface area contributed by atoms with Gasteiger partial charge in [-0.3, -0.25) is 0 Å². The number of thiophene rings is 1. The Labute approximate surface area is 101 Å². The lowest BCUT2D eigenvalue weighted by Gasteiger charge is -2.23. The summed E-state index contributed by atoms with van der Waals surface area (Å²) in [5.74, 6) is 1.43. The van der Waals surface area contributed by atoms with E-state index in [1.54, 1.807) is 5.56 Å². The summed E-state index contributed by atoms with van der Waals surface area (Å²) in [6.07, 6.45) is 5.84. The summed E-state index contributed by atoms with van der Waals surface area (Å²) in [6, 6.07) is 8.81. The van der Waals surface area contributed by atoms with Crippen molar-refractivity contribution in [1.29, 1.82) is 0 Å². The van der Waals surface area contributed by atoms with E-state index in [-0.39, 0.29) is 0 Å². The van der Waals surface area contributed by atoms with Gasteiger partial charge < -0.3 is 0 Å². The summed E-state index contributed by atoms with van der Waals surface area (Å²) >= 11 is 1.93. The topological polar surface area (TPSA) is 0 Å². The maximum Gasteiger partial charge on any atom is 0.0352 e. The van der Waals surface area contributed by atoms with Crippen LogP contribution in [0.15, 0.2) is 30.3 Å². The number of fused-ring (bicyclic) bond motifs is 3. The van der Waals surface area contributed by atoms with Crippen LogP contribution in [0.4, 0.5) is 0 Å². The molecule has 1 aromatic carbocycles. The molecule has 2 aromatic rings. The third-order valence-electron chi connectivity index (χ3n) is 3.50. The highest BCUT2D eigenvalue weighted by Crippen LogP contribution is 2.43. The van der Waals surface area contributed by atoms with Crippen molar-refractivity contribution in [3.63, 3.8) is 0 Å². The Bertz CT molecular complexity index is 546. The van der Waals surface area contributed by atoms with Crippen LogP contribution in [0.25, 0.3) is 16.2 Å². The van der Waals surface area contributed by atoms with Crippen molar-refractivity contribution >= 4 is 27.5 Å². The van der Waals surface area contributed by atoms with Gasteiger partial charge >= 0.3 is 0 Å². The predicted molar refractivity (Wildman–Crippen MR) is 73.1 cm³/mol. The molecule has 1 aliphatic carbocycles. The smallest absolute Gasteiger partial charge is 0.0352 e. The second kappa shape index (κ2) is 3.74. The van der Waals surface area contributed by atoms with Crippen LogP contribution in [0.2, 0.25) is 0 Å². The fourth-order valence-electron chi connectivity index (χ4n) is 2.64. The van der Waals surface area contributed by atoms with Crippen molar-refractivity contribution < 1.29 is 0 Å². The van der Waals surface area contributed by atoms with Gasteiger partial charge in [0.1, 0.15) is 0 Å². The third kappa shape index (κ3) is 1.42. The Morgan fingerprint density at radius 1 is 1.25 bits per heavy atom. The normalized spacial score (nSPS) is 19.3. The standard InChI is InChI=1S/C15H16S/c1-10(2)11-7-5-9-14-15(11)12-6-3-4-8-13(12)16-14/h3-6,8-11H,7H2,1-2H3/t11-/m0/s1. The van der Waals surface area contributed by atoms with Crippen molar-refractivity contribution in [1.82, 2.24) is 0 Å². The van der Waals surface area contributed by atoms with Crippen LogP contribution in [0.3, 0.4) is 0 Å². The summed E-state index contributed by atoms with van der Waals surface area (Å²) in [6.45, 7) is 4.67. The number of rotatable bonds is 1. The zero-order valence-electron chi connectivity index (χ0n) is 9.73. The van der Waals surface area contributed by atoms with E-state index >= 15 is 0 Å². The van der Waals surface area contributed by atoms with Crippen molar-refractivity contribution in [3.8, 4) is 0 Å². The molecule has 1 atom stereocenters. The molecule has 16 heavy (non-hydrogen) atoms. The van der Waals surface area contributed by atoms with E-state index in [0.29, 0.717) is 5.92 Å². The molecule has 0 N–H and O–H groups in total. The van der Waals surface area contributed by atoms with E-state index in [2.05, 4.69) is 50.3 Å². The summed E-state index contributed by atoms with van der Waals surface area (Å²) in [4.78, 5) is 1.48. The van der Waals surface area contributed by atoms with Crippen molar-refractivity contribution in [2.45, 2.75) is 26.2 Å². The second-order valence-corrected chi connectivity index (χ2v) is 5.95. The highest BCUT2D eigenvalue weighted by Gasteiger charge is 2.24. The first-order chi connectivity index (χ1) is 7.77. The van der Waals surface area contributed by atoms with Crippen molar-refractivity contribution in [2.24, 2.45) is 5.92 Å². The molecule has 0 unspecified atom stereocenters. The maximum absolute atomic E-state index is 2.34.